The minimum atomic E-state index is -3.06. The quantitative estimate of drug-likeness (QED) is 0.782. The summed E-state index contributed by atoms with van der Waals surface area (Å²) in [5.74, 6) is 0. The van der Waals surface area contributed by atoms with Crippen molar-refractivity contribution in [3.63, 3.8) is 0 Å². The number of hydrogen-bond donors (Lipinski definition) is 1. The van der Waals surface area contributed by atoms with Crippen molar-refractivity contribution in [2.45, 2.75) is 71.2 Å². The average molecular weight is 290 g/mol. The molecule has 0 bridgehead atoms. The van der Waals surface area contributed by atoms with Crippen LogP contribution in [0, 0.1) is 5.41 Å². The van der Waals surface area contributed by atoms with Crippen LogP contribution in [0.2, 0.25) is 0 Å². The summed E-state index contributed by atoms with van der Waals surface area (Å²) in [4.78, 5) is 0. The summed E-state index contributed by atoms with van der Waals surface area (Å²) in [6.45, 7) is 11.3. The molecule has 0 radical (unpaired) electrons. The number of hydrogen-bond acceptors (Lipinski definition) is 3. The minimum Gasteiger partial charge on any atom is -0.310 e. The first-order valence-electron chi connectivity index (χ1n) is 7.23. The molecule has 1 aliphatic rings. The van der Waals surface area contributed by atoms with Crippen LogP contribution < -0.4 is 5.32 Å². The first kappa shape index (κ1) is 16.9. The molecule has 0 aromatic carbocycles. The zero-order chi connectivity index (χ0) is 14.8. The van der Waals surface area contributed by atoms with Crippen molar-refractivity contribution in [2.24, 2.45) is 5.41 Å². The molecule has 0 amide bonds. The minimum absolute atomic E-state index is 0.119. The van der Waals surface area contributed by atoms with Crippen molar-refractivity contribution in [2.75, 3.05) is 13.6 Å². The zero-order valence-corrected chi connectivity index (χ0v) is 14.0. The Labute approximate surface area is 119 Å². The SMILES string of the molecule is CC(C)N[C@H](CN(C)S(=O)(=O)C1CC1)CC(C)(C)C. The van der Waals surface area contributed by atoms with Gasteiger partial charge in [-0.25, -0.2) is 12.7 Å². The molecule has 1 rings (SSSR count). The van der Waals surface area contributed by atoms with Crippen LogP contribution in [0.15, 0.2) is 0 Å². The monoisotopic (exact) mass is 290 g/mol. The molecule has 0 saturated heterocycles. The van der Waals surface area contributed by atoms with E-state index in [0.717, 1.165) is 19.3 Å². The van der Waals surface area contributed by atoms with Crippen LogP contribution in [0.25, 0.3) is 0 Å². The molecule has 0 aromatic rings. The van der Waals surface area contributed by atoms with E-state index in [2.05, 4.69) is 39.9 Å². The summed E-state index contributed by atoms with van der Waals surface area (Å²) < 4.78 is 25.9. The Hall–Kier alpha value is -0.130. The Bertz CT molecular complexity index is 381. The second-order valence-corrected chi connectivity index (χ2v) is 9.63. The molecule has 1 fully saturated rings. The molecular weight excluding hydrogens is 260 g/mol. The number of likely N-dealkylation sites (N-methyl/N-ethyl adjacent to an activating group) is 1. The second-order valence-electron chi connectivity index (χ2n) is 7.31. The highest BCUT2D eigenvalue weighted by Gasteiger charge is 2.39. The standard InChI is InChI=1S/C14H30N2O2S/c1-11(2)15-12(9-14(3,4)5)10-16(6)19(17,18)13-7-8-13/h11-13,15H,7-10H2,1-6H3/t12-/m0/s1. The predicted molar refractivity (Wildman–Crippen MR) is 80.7 cm³/mol. The van der Waals surface area contributed by atoms with Crippen LogP contribution in [-0.2, 0) is 10.0 Å². The van der Waals surface area contributed by atoms with Crippen LogP contribution >= 0.6 is 0 Å². The Morgan fingerprint density at radius 1 is 1.26 bits per heavy atom. The van der Waals surface area contributed by atoms with Gasteiger partial charge in [0, 0.05) is 25.7 Å². The molecular formula is C14H30N2O2S. The van der Waals surface area contributed by atoms with Crippen molar-refractivity contribution in [1.82, 2.24) is 9.62 Å². The van der Waals surface area contributed by atoms with E-state index in [4.69, 9.17) is 0 Å². The maximum atomic E-state index is 12.2. The highest BCUT2D eigenvalue weighted by molar-refractivity contribution is 7.90. The third-order valence-corrected chi connectivity index (χ3v) is 5.62. The smallest absolute Gasteiger partial charge is 0.216 e. The van der Waals surface area contributed by atoms with Crippen molar-refractivity contribution in [1.29, 1.82) is 0 Å². The van der Waals surface area contributed by atoms with Gasteiger partial charge in [-0.05, 0) is 24.7 Å². The fraction of sp³-hybridized carbons (Fsp3) is 1.00. The van der Waals surface area contributed by atoms with Gasteiger partial charge in [0.25, 0.3) is 0 Å². The fourth-order valence-corrected chi connectivity index (χ4v) is 4.05. The molecule has 114 valence electrons. The third kappa shape index (κ3) is 5.79. The second kappa shape index (κ2) is 6.10. The average Bonchev–Trinajstić information content (AvgIpc) is 2.95. The summed E-state index contributed by atoms with van der Waals surface area (Å²) in [6.07, 6.45) is 2.62. The molecule has 1 saturated carbocycles. The summed E-state index contributed by atoms with van der Waals surface area (Å²) in [7, 11) is -1.35. The summed E-state index contributed by atoms with van der Waals surface area (Å²) in [5.41, 5.74) is 0.191. The molecule has 0 heterocycles. The Morgan fingerprint density at radius 2 is 1.79 bits per heavy atom. The maximum absolute atomic E-state index is 12.2. The van der Waals surface area contributed by atoms with Gasteiger partial charge in [-0.2, -0.15) is 0 Å². The van der Waals surface area contributed by atoms with Crippen molar-refractivity contribution >= 4 is 10.0 Å². The largest absolute Gasteiger partial charge is 0.310 e. The van der Waals surface area contributed by atoms with Crippen LogP contribution in [0.5, 0.6) is 0 Å². The van der Waals surface area contributed by atoms with Crippen LogP contribution in [-0.4, -0.2) is 43.6 Å². The predicted octanol–water partition coefficient (Wildman–Crippen LogP) is 2.21. The molecule has 0 aromatic heterocycles. The van der Waals surface area contributed by atoms with E-state index in [-0.39, 0.29) is 16.7 Å². The van der Waals surface area contributed by atoms with Crippen molar-refractivity contribution in [3.8, 4) is 0 Å². The number of nitrogens with zero attached hydrogens (tertiary/aromatic N) is 1. The topological polar surface area (TPSA) is 49.4 Å². The van der Waals surface area contributed by atoms with Crippen LogP contribution in [0.3, 0.4) is 0 Å². The van der Waals surface area contributed by atoms with E-state index < -0.39 is 10.0 Å². The van der Waals surface area contributed by atoms with E-state index in [9.17, 15) is 8.42 Å². The van der Waals surface area contributed by atoms with Crippen molar-refractivity contribution in [3.05, 3.63) is 0 Å². The van der Waals surface area contributed by atoms with Gasteiger partial charge in [0.2, 0.25) is 10.0 Å². The van der Waals surface area contributed by atoms with Gasteiger partial charge < -0.3 is 5.32 Å². The van der Waals surface area contributed by atoms with Gasteiger partial charge in [-0.1, -0.05) is 34.6 Å². The number of nitrogens with one attached hydrogen (secondary N) is 1. The van der Waals surface area contributed by atoms with E-state index >= 15 is 0 Å². The Balaban J connectivity index is 2.65. The summed E-state index contributed by atoms with van der Waals surface area (Å²) >= 11 is 0. The molecule has 5 heteroatoms. The highest BCUT2D eigenvalue weighted by Crippen LogP contribution is 2.31. The zero-order valence-electron chi connectivity index (χ0n) is 13.2. The lowest BCUT2D eigenvalue weighted by Crippen LogP contribution is -2.46. The number of rotatable bonds is 7. The number of sulfonamides is 1. The van der Waals surface area contributed by atoms with E-state index in [1.54, 1.807) is 11.4 Å². The van der Waals surface area contributed by atoms with E-state index in [0.29, 0.717) is 12.6 Å². The van der Waals surface area contributed by atoms with Gasteiger partial charge in [-0.3, -0.25) is 0 Å². The van der Waals surface area contributed by atoms with Gasteiger partial charge in [0.1, 0.15) is 0 Å². The fourth-order valence-electron chi connectivity index (χ4n) is 2.42. The highest BCUT2D eigenvalue weighted by atomic mass is 32.2. The molecule has 1 N–H and O–H groups in total. The van der Waals surface area contributed by atoms with Gasteiger partial charge >= 0.3 is 0 Å². The molecule has 0 unspecified atom stereocenters. The molecule has 0 aliphatic heterocycles. The first-order valence-corrected chi connectivity index (χ1v) is 8.74. The normalized spacial score (nSPS) is 19.2. The molecule has 19 heavy (non-hydrogen) atoms. The molecule has 4 nitrogen and oxygen atoms in total. The Morgan fingerprint density at radius 3 is 2.16 bits per heavy atom. The van der Waals surface area contributed by atoms with Gasteiger partial charge in [0.05, 0.1) is 5.25 Å². The summed E-state index contributed by atoms with van der Waals surface area (Å²) in [5, 5.41) is 3.37. The van der Waals surface area contributed by atoms with Gasteiger partial charge in [-0.15, -0.1) is 0 Å². The van der Waals surface area contributed by atoms with Gasteiger partial charge in [0.15, 0.2) is 0 Å². The third-order valence-electron chi connectivity index (χ3n) is 3.29. The molecule has 1 aliphatic carbocycles. The van der Waals surface area contributed by atoms with Crippen LogP contribution in [0.1, 0.15) is 53.9 Å². The Kier molecular flexibility index (Phi) is 5.43. The molecule has 0 spiro atoms. The van der Waals surface area contributed by atoms with Crippen molar-refractivity contribution < 1.29 is 8.42 Å². The van der Waals surface area contributed by atoms with E-state index in [1.165, 1.54) is 0 Å². The lowest BCUT2D eigenvalue weighted by molar-refractivity contribution is 0.269. The van der Waals surface area contributed by atoms with Crippen LogP contribution in [0.4, 0.5) is 0 Å². The first-order chi connectivity index (χ1) is 8.52. The van der Waals surface area contributed by atoms with E-state index in [1.807, 2.05) is 0 Å². The lowest BCUT2D eigenvalue weighted by Gasteiger charge is -2.31. The lowest BCUT2D eigenvalue weighted by atomic mass is 9.88. The summed E-state index contributed by atoms with van der Waals surface area (Å²) in [6, 6.07) is 0.572. The molecule has 1 atom stereocenters. The maximum Gasteiger partial charge on any atom is 0.216 e.